The summed E-state index contributed by atoms with van der Waals surface area (Å²) >= 11 is 0. The molecule has 1 aliphatic rings. The standard InChI is InChI=1S/C18H18N2O2/c1-4-16(21)19-17(22)12-18(2,3)20(19)15-11-7-9-13-8-5-6-10-14(13)15/h4-11H,1,12H2,2-3H3. The second kappa shape index (κ2) is 4.98. The fourth-order valence-electron chi connectivity index (χ4n) is 3.04. The Hall–Kier alpha value is -2.62. The number of anilines is 1. The molecule has 2 amide bonds. The molecule has 22 heavy (non-hydrogen) atoms. The molecule has 0 saturated carbocycles. The van der Waals surface area contributed by atoms with Gasteiger partial charge in [-0.25, -0.2) is 0 Å². The van der Waals surface area contributed by atoms with Crippen molar-refractivity contribution in [2.24, 2.45) is 0 Å². The first-order valence-electron chi connectivity index (χ1n) is 7.23. The predicted octanol–water partition coefficient (Wildman–Crippen LogP) is 3.28. The van der Waals surface area contributed by atoms with E-state index in [1.54, 1.807) is 5.01 Å². The molecule has 3 rings (SSSR count). The second-order valence-corrected chi connectivity index (χ2v) is 6.05. The number of amides is 2. The van der Waals surface area contributed by atoms with Gasteiger partial charge in [0.25, 0.3) is 11.8 Å². The molecular formula is C18H18N2O2. The molecular weight excluding hydrogens is 276 g/mol. The van der Waals surface area contributed by atoms with Crippen molar-refractivity contribution in [2.45, 2.75) is 25.8 Å². The van der Waals surface area contributed by atoms with Crippen molar-refractivity contribution in [1.29, 1.82) is 0 Å². The van der Waals surface area contributed by atoms with Crippen molar-refractivity contribution in [3.63, 3.8) is 0 Å². The molecule has 0 aromatic heterocycles. The lowest BCUT2D eigenvalue weighted by Gasteiger charge is -2.37. The summed E-state index contributed by atoms with van der Waals surface area (Å²) in [6, 6.07) is 13.8. The summed E-state index contributed by atoms with van der Waals surface area (Å²) in [5, 5.41) is 5.08. The number of carbonyl (C=O) groups is 2. The fraction of sp³-hybridized carbons (Fsp3) is 0.222. The quantitative estimate of drug-likeness (QED) is 0.798. The van der Waals surface area contributed by atoms with Crippen LogP contribution >= 0.6 is 0 Å². The van der Waals surface area contributed by atoms with Gasteiger partial charge in [0.1, 0.15) is 0 Å². The van der Waals surface area contributed by atoms with E-state index < -0.39 is 11.4 Å². The van der Waals surface area contributed by atoms with E-state index >= 15 is 0 Å². The molecule has 1 heterocycles. The van der Waals surface area contributed by atoms with E-state index in [-0.39, 0.29) is 12.3 Å². The number of benzene rings is 2. The van der Waals surface area contributed by atoms with Crippen molar-refractivity contribution >= 4 is 28.3 Å². The van der Waals surface area contributed by atoms with Gasteiger partial charge in [0, 0.05) is 5.39 Å². The number of rotatable bonds is 2. The minimum atomic E-state index is -0.472. The maximum absolute atomic E-state index is 12.3. The van der Waals surface area contributed by atoms with Gasteiger partial charge < -0.3 is 0 Å². The topological polar surface area (TPSA) is 40.6 Å². The normalized spacial score (nSPS) is 17.1. The van der Waals surface area contributed by atoms with Gasteiger partial charge in [-0.15, -0.1) is 0 Å². The smallest absolute Gasteiger partial charge is 0.271 e. The Morgan fingerprint density at radius 1 is 1.18 bits per heavy atom. The van der Waals surface area contributed by atoms with E-state index in [0.29, 0.717) is 0 Å². The van der Waals surface area contributed by atoms with Crippen LogP contribution in [0.2, 0.25) is 0 Å². The minimum absolute atomic E-state index is 0.206. The Morgan fingerprint density at radius 2 is 1.86 bits per heavy atom. The summed E-state index contributed by atoms with van der Waals surface area (Å²) in [5.41, 5.74) is 0.379. The Kier molecular flexibility index (Phi) is 3.24. The highest BCUT2D eigenvalue weighted by Crippen LogP contribution is 2.38. The van der Waals surface area contributed by atoms with Gasteiger partial charge in [-0.1, -0.05) is 43.0 Å². The summed E-state index contributed by atoms with van der Waals surface area (Å²) in [6.07, 6.45) is 1.47. The Morgan fingerprint density at radius 3 is 2.59 bits per heavy atom. The van der Waals surface area contributed by atoms with Crippen LogP contribution in [0, 0.1) is 0 Å². The molecule has 2 aromatic rings. The van der Waals surface area contributed by atoms with Gasteiger partial charge in [-0.3, -0.25) is 14.6 Å². The van der Waals surface area contributed by atoms with Gasteiger partial charge >= 0.3 is 0 Å². The highest BCUT2D eigenvalue weighted by atomic mass is 16.2. The van der Waals surface area contributed by atoms with E-state index in [4.69, 9.17) is 0 Å². The van der Waals surface area contributed by atoms with E-state index in [1.165, 1.54) is 11.1 Å². The van der Waals surface area contributed by atoms with Gasteiger partial charge in [0.2, 0.25) is 0 Å². The summed E-state index contributed by atoms with van der Waals surface area (Å²) < 4.78 is 0. The zero-order valence-electron chi connectivity index (χ0n) is 12.7. The zero-order valence-corrected chi connectivity index (χ0v) is 12.7. The van der Waals surface area contributed by atoms with Crippen LogP contribution in [0.25, 0.3) is 10.8 Å². The Balaban J connectivity index is 2.23. The van der Waals surface area contributed by atoms with Crippen LogP contribution < -0.4 is 5.01 Å². The van der Waals surface area contributed by atoms with Crippen molar-refractivity contribution in [1.82, 2.24) is 5.01 Å². The Bertz CT molecular complexity index is 774. The van der Waals surface area contributed by atoms with Crippen LogP contribution in [0.3, 0.4) is 0 Å². The largest absolute Gasteiger partial charge is 0.272 e. The highest BCUT2D eigenvalue weighted by Gasteiger charge is 2.46. The van der Waals surface area contributed by atoms with Crippen molar-refractivity contribution in [3.05, 3.63) is 55.1 Å². The van der Waals surface area contributed by atoms with Gasteiger partial charge in [-0.05, 0) is 31.4 Å². The maximum Gasteiger partial charge on any atom is 0.271 e. The Labute approximate surface area is 129 Å². The van der Waals surface area contributed by atoms with E-state index in [0.717, 1.165) is 16.5 Å². The third-order valence-electron chi connectivity index (χ3n) is 3.97. The predicted molar refractivity (Wildman–Crippen MR) is 87.2 cm³/mol. The van der Waals surface area contributed by atoms with Crippen molar-refractivity contribution in [3.8, 4) is 0 Å². The number of nitrogens with zero attached hydrogens (tertiary/aromatic N) is 2. The summed E-state index contributed by atoms with van der Waals surface area (Å²) in [4.78, 5) is 24.5. The maximum atomic E-state index is 12.3. The lowest BCUT2D eigenvalue weighted by Crippen LogP contribution is -2.49. The number of hydrogen-bond donors (Lipinski definition) is 0. The molecule has 0 N–H and O–H groups in total. The van der Waals surface area contributed by atoms with Crippen molar-refractivity contribution in [2.75, 3.05) is 5.01 Å². The molecule has 0 unspecified atom stereocenters. The van der Waals surface area contributed by atoms with Crippen LogP contribution in [-0.2, 0) is 9.59 Å². The van der Waals surface area contributed by atoms with Gasteiger partial charge in [-0.2, -0.15) is 5.01 Å². The van der Waals surface area contributed by atoms with E-state index in [2.05, 4.69) is 6.58 Å². The molecule has 0 atom stereocenters. The molecule has 0 radical (unpaired) electrons. The zero-order chi connectivity index (χ0) is 15.9. The second-order valence-electron chi connectivity index (χ2n) is 6.05. The molecule has 4 nitrogen and oxygen atoms in total. The highest BCUT2D eigenvalue weighted by molar-refractivity contribution is 6.06. The SMILES string of the molecule is C=CC(=O)N1C(=O)CC(C)(C)N1c1cccc2ccccc12. The van der Waals surface area contributed by atoms with E-state index in [9.17, 15) is 9.59 Å². The molecule has 2 aromatic carbocycles. The molecule has 1 fully saturated rings. The number of imide groups is 1. The summed E-state index contributed by atoms with van der Waals surface area (Å²) in [7, 11) is 0. The van der Waals surface area contributed by atoms with Crippen LogP contribution in [0.4, 0.5) is 5.69 Å². The molecule has 0 bridgehead atoms. The third kappa shape index (κ3) is 2.08. The van der Waals surface area contributed by atoms with Gasteiger partial charge in [0.15, 0.2) is 0 Å². The average molecular weight is 294 g/mol. The van der Waals surface area contributed by atoms with E-state index in [1.807, 2.05) is 56.3 Å². The first kappa shape index (κ1) is 14.3. The number of fused-ring (bicyclic) bond motifs is 1. The third-order valence-corrected chi connectivity index (χ3v) is 3.97. The molecule has 0 aliphatic carbocycles. The monoisotopic (exact) mass is 294 g/mol. The van der Waals surface area contributed by atoms with Gasteiger partial charge in [0.05, 0.1) is 17.6 Å². The summed E-state index contributed by atoms with van der Waals surface area (Å²) in [6.45, 7) is 7.43. The van der Waals surface area contributed by atoms with Crippen LogP contribution in [-0.4, -0.2) is 22.4 Å². The van der Waals surface area contributed by atoms with Crippen molar-refractivity contribution < 1.29 is 9.59 Å². The first-order valence-corrected chi connectivity index (χ1v) is 7.23. The van der Waals surface area contributed by atoms with Crippen LogP contribution in [0.1, 0.15) is 20.3 Å². The molecule has 4 heteroatoms. The lowest BCUT2D eigenvalue weighted by molar-refractivity contribution is -0.139. The van der Waals surface area contributed by atoms with Crippen LogP contribution in [0.15, 0.2) is 55.1 Å². The summed E-state index contributed by atoms with van der Waals surface area (Å²) in [5.74, 6) is -0.605. The number of carbonyl (C=O) groups excluding carboxylic acids is 2. The molecule has 112 valence electrons. The lowest BCUT2D eigenvalue weighted by atomic mass is 10.00. The molecule has 0 spiro atoms. The minimum Gasteiger partial charge on any atom is -0.272 e. The van der Waals surface area contributed by atoms with Crippen LogP contribution in [0.5, 0.6) is 0 Å². The first-order chi connectivity index (χ1) is 10.5. The fourth-order valence-corrected chi connectivity index (χ4v) is 3.04. The molecule has 1 saturated heterocycles. The number of hydrazine groups is 1. The number of hydrogen-bond acceptors (Lipinski definition) is 3. The molecule has 1 aliphatic heterocycles. The average Bonchev–Trinajstić information content (AvgIpc) is 2.74.